The molecule has 1 atom stereocenters. The first kappa shape index (κ1) is 12.2. The Labute approximate surface area is 97.6 Å². The Balaban J connectivity index is 2.44. The van der Waals surface area contributed by atoms with Crippen LogP contribution in [0.3, 0.4) is 0 Å². The molecular weight excluding hydrogens is 258 g/mol. The monoisotopic (exact) mass is 271 g/mol. The van der Waals surface area contributed by atoms with Gasteiger partial charge in [0.25, 0.3) is 0 Å². The molecule has 0 aliphatic rings. The molecule has 0 aliphatic carbocycles. The summed E-state index contributed by atoms with van der Waals surface area (Å²) in [5.74, 6) is -0.0750. The molecule has 4 heteroatoms. The van der Waals surface area contributed by atoms with Crippen LogP contribution in [-0.4, -0.2) is 23.7 Å². The lowest BCUT2D eigenvalue weighted by Crippen LogP contribution is -2.31. The highest BCUT2D eigenvalue weighted by Crippen LogP contribution is 2.11. The van der Waals surface area contributed by atoms with Gasteiger partial charge in [0.2, 0.25) is 5.91 Å². The standard InChI is InChI=1S/C11H14BrNO2/c1-8(14)7-13-11(15)6-9-3-2-4-10(12)5-9/h2-5,8,14H,6-7H2,1H3,(H,13,15)/t8-/m0/s1. The first-order valence-corrected chi connectivity index (χ1v) is 5.56. The van der Waals surface area contributed by atoms with Gasteiger partial charge in [-0.25, -0.2) is 0 Å². The predicted molar refractivity (Wildman–Crippen MR) is 62.5 cm³/mol. The average Bonchev–Trinajstić information content (AvgIpc) is 2.15. The third-order valence-electron chi connectivity index (χ3n) is 1.85. The Morgan fingerprint density at radius 3 is 2.93 bits per heavy atom. The molecule has 0 bridgehead atoms. The summed E-state index contributed by atoms with van der Waals surface area (Å²) in [6.07, 6.45) is -0.164. The summed E-state index contributed by atoms with van der Waals surface area (Å²) in [5, 5.41) is 11.6. The summed E-state index contributed by atoms with van der Waals surface area (Å²) in [4.78, 5) is 11.4. The zero-order chi connectivity index (χ0) is 11.3. The van der Waals surface area contributed by atoms with Gasteiger partial charge in [-0.2, -0.15) is 0 Å². The van der Waals surface area contributed by atoms with Crippen LogP contribution in [0, 0.1) is 0 Å². The van der Waals surface area contributed by atoms with E-state index in [1.807, 2.05) is 24.3 Å². The number of aliphatic hydroxyl groups excluding tert-OH is 1. The van der Waals surface area contributed by atoms with Crippen molar-refractivity contribution in [3.8, 4) is 0 Å². The van der Waals surface area contributed by atoms with Crippen molar-refractivity contribution in [2.75, 3.05) is 6.54 Å². The van der Waals surface area contributed by atoms with Crippen molar-refractivity contribution in [1.82, 2.24) is 5.32 Å². The number of benzene rings is 1. The summed E-state index contributed by atoms with van der Waals surface area (Å²) >= 11 is 3.34. The van der Waals surface area contributed by atoms with E-state index in [1.165, 1.54) is 0 Å². The van der Waals surface area contributed by atoms with Crippen LogP contribution < -0.4 is 5.32 Å². The molecule has 2 N–H and O–H groups in total. The molecule has 0 unspecified atom stereocenters. The van der Waals surface area contributed by atoms with Crippen molar-refractivity contribution in [2.45, 2.75) is 19.4 Å². The predicted octanol–water partition coefficient (Wildman–Crippen LogP) is 1.49. The van der Waals surface area contributed by atoms with Gasteiger partial charge in [-0.15, -0.1) is 0 Å². The molecule has 82 valence electrons. The number of aliphatic hydroxyl groups is 1. The minimum absolute atomic E-state index is 0.0750. The van der Waals surface area contributed by atoms with E-state index in [1.54, 1.807) is 6.92 Å². The highest BCUT2D eigenvalue weighted by Gasteiger charge is 2.04. The Bertz CT molecular complexity index is 339. The number of halogens is 1. The number of nitrogens with one attached hydrogen (secondary N) is 1. The third-order valence-corrected chi connectivity index (χ3v) is 2.34. The van der Waals surface area contributed by atoms with E-state index in [0.29, 0.717) is 13.0 Å². The number of hydrogen-bond donors (Lipinski definition) is 2. The molecule has 3 nitrogen and oxygen atoms in total. The zero-order valence-corrected chi connectivity index (χ0v) is 10.1. The lowest BCUT2D eigenvalue weighted by molar-refractivity contribution is -0.120. The van der Waals surface area contributed by atoms with Gasteiger partial charge in [0.05, 0.1) is 12.5 Å². The van der Waals surface area contributed by atoms with Gasteiger partial charge in [0.15, 0.2) is 0 Å². The second kappa shape index (κ2) is 5.88. The fraction of sp³-hybridized carbons (Fsp3) is 0.364. The average molecular weight is 272 g/mol. The second-order valence-electron chi connectivity index (χ2n) is 3.46. The van der Waals surface area contributed by atoms with E-state index in [2.05, 4.69) is 21.2 Å². The molecule has 0 radical (unpaired) electrons. The van der Waals surface area contributed by atoms with E-state index in [9.17, 15) is 4.79 Å². The van der Waals surface area contributed by atoms with E-state index >= 15 is 0 Å². The Kier molecular flexibility index (Phi) is 4.78. The highest BCUT2D eigenvalue weighted by atomic mass is 79.9. The van der Waals surface area contributed by atoms with Gasteiger partial charge in [0, 0.05) is 11.0 Å². The summed E-state index contributed by atoms with van der Waals surface area (Å²) in [6, 6.07) is 7.60. The van der Waals surface area contributed by atoms with Crippen LogP contribution in [0.5, 0.6) is 0 Å². The van der Waals surface area contributed by atoms with Crippen molar-refractivity contribution in [1.29, 1.82) is 0 Å². The van der Waals surface area contributed by atoms with Gasteiger partial charge in [-0.1, -0.05) is 28.1 Å². The van der Waals surface area contributed by atoms with E-state index in [-0.39, 0.29) is 5.91 Å². The number of amides is 1. The van der Waals surface area contributed by atoms with Crippen LogP contribution in [0.15, 0.2) is 28.7 Å². The zero-order valence-electron chi connectivity index (χ0n) is 8.53. The van der Waals surface area contributed by atoms with E-state index in [4.69, 9.17) is 5.11 Å². The molecule has 0 spiro atoms. The lowest BCUT2D eigenvalue weighted by atomic mass is 10.1. The van der Waals surface area contributed by atoms with Crippen molar-refractivity contribution < 1.29 is 9.90 Å². The van der Waals surface area contributed by atoms with Crippen LogP contribution in [0.25, 0.3) is 0 Å². The number of carbonyl (C=O) groups excluding carboxylic acids is 1. The van der Waals surface area contributed by atoms with Gasteiger partial charge in [0.1, 0.15) is 0 Å². The molecule has 0 saturated carbocycles. The minimum Gasteiger partial charge on any atom is -0.392 e. The van der Waals surface area contributed by atoms with Gasteiger partial charge in [-0.3, -0.25) is 4.79 Å². The van der Waals surface area contributed by atoms with Gasteiger partial charge >= 0.3 is 0 Å². The maximum absolute atomic E-state index is 11.4. The quantitative estimate of drug-likeness (QED) is 0.872. The van der Waals surface area contributed by atoms with E-state index in [0.717, 1.165) is 10.0 Å². The minimum atomic E-state index is -0.503. The smallest absolute Gasteiger partial charge is 0.224 e. The van der Waals surface area contributed by atoms with Gasteiger partial charge < -0.3 is 10.4 Å². The topological polar surface area (TPSA) is 49.3 Å². The summed E-state index contributed by atoms with van der Waals surface area (Å²) in [6.45, 7) is 1.94. The van der Waals surface area contributed by atoms with Crippen LogP contribution in [0.1, 0.15) is 12.5 Å². The Hall–Kier alpha value is -0.870. The molecule has 0 aliphatic heterocycles. The van der Waals surface area contributed by atoms with Crippen LogP contribution in [0.4, 0.5) is 0 Å². The van der Waals surface area contributed by atoms with E-state index < -0.39 is 6.10 Å². The van der Waals surface area contributed by atoms with Crippen LogP contribution >= 0.6 is 15.9 Å². The van der Waals surface area contributed by atoms with Crippen molar-refractivity contribution in [3.05, 3.63) is 34.3 Å². The van der Waals surface area contributed by atoms with Crippen LogP contribution in [0.2, 0.25) is 0 Å². The molecule has 1 aromatic rings. The van der Waals surface area contributed by atoms with Gasteiger partial charge in [-0.05, 0) is 24.6 Å². The normalized spacial score (nSPS) is 12.2. The Morgan fingerprint density at radius 2 is 2.33 bits per heavy atom. The number of carbonyl (C=O) groups is 1. The second-order valence-corrected chi connectivity index (χ2v) is 4.38. The number of rotatable bonds is 4. The molecular formula is C11H14BrNO2. The molecule has 15 heavy (non-hydrogen) atoms. The van der Waals surface area contributed by atoms with Crippen LogP contribution in [-0.2, 0) is 11.2 Å². The van der Waals surface area contributed by atoms with Crippen molar-refractivity contribution in [3.63, 3.8) is 0 Å². The maximum Gasteiger partial charge on any atom is 0.224 e. The molecule has 0 heterocycles. The lowest BCUT2D eigenvalue weighted by Gasteiger charge is -2.07. The molecule has 0 fully saturated rings. The molecule has 0 saturated heterocycles. The first-order valence-electron chi connectivity index (χ1n) is 4.77. The largest absolute Gasteiger partial charge is 0.392 e. The summed E-state index contributed by atoms with van der Waals surface area (Å²) in [7, 11) is 0. The molecule has 1 aromatic carbocycles. The fourth-order valence-corrected chi connectivity index (χ4v) is 1.60. The highest BCUT2D eigenvalue weighted by molar-refractivity contribution is 9.10. The SMILES string of the molecule is C[C@H](O)CNC(=O)Cc1cccc(Br)c1. The molecule has 1 amide bonds. The third kappa shape index (κ3) is 4.95. The summed E-state index contributed by atoms with van der Waals surface area (Å²) in [5.41, 5.74) is 0.951. The molecule has 1 rings (SSSR count). The Morgan fingerprint density at radius 1 is 1.60 bits per heavy atom. The molecule has 0 aromatic heterocycles. The summed E-state index contributed by atoms with van der Waals surface area (Å²) < 4.78 is 0.961. The maximum atomic E-state index is 11.4. The van der Waals surface area contributed by atoms with Crippen molar-refractivity contribution in [2.24, 2.45) is 0 Å². The first-order chi connectivity index (χ1) is 7.08. The fourth-order valence-electron chi connectivity index (χ4n) is 1.16. The number of hydrogen-bond acceptors (Lipinski definition) is 2. The van der Waals surface area contributed by atoms with Crippen molar-refractivity contribution >= 4 is 21.8 Å².